The fraction of sp³-hybridized carbons (Fsp3) is 0.417. The van der Waals surface area contributed by atoms with Crippen LogP contribution < -0.4 is 10.1 Å². The van der Waals surface area contributed by atoms with Crippen LogP contribution in [-0.4, -0.2) is 29.1 Å². The van der Waals surface area contributed by atoms with Gasteiger partial charge in [-0.2, -0.15) is 0 Å². The molecule has 1 aromatic carbocycles. The van der Waals surface area contributed by atoms with E-state index in [1.165, 1.54) is 0 Å². The van der Waals surface area contributed by atoms with Gasteiger partial charge in [0.2, 0.25) is 0 Å². The average Bonchev–Trinajstić information content (AvgIpc) is 3.37. The summed E-state index contributed by atoms with van der Waals surface area (Å²) in [5, 5.41) is 6.09. The van der Waals surface area contributed by atoms with Crippen molar-refractivity contribution in [2.45, 2.75) is 53.0 Å². The molecule has 0 radical (unpaired) electrons. The molecule has 0 aliphatic heterocycles. The van der Waals surface area contributed by atoms with Crippen LogP contribution in [0.5, 0.6) is 5.75 Å². The number of unbranched alkanes of at least 4 members (excludes halogenated alkanes) is 2. The smallest absolute Gasteiger partial charge is 0.253 e. The van der Waals surface area contributed by atoms with Gasteiger partial charge < -0.3 is 14.6 Å². The van der Waals surface area contributed by atoms with Crippen LogP contribution in [0.4, 0.5) is 0 Å². The molecule has 30 heavy (non-hydrogen) atoms. The Labute approximate surface area is 183 Å². The summed E-state index contributed by atoms with van der Waals surface area (Å²) in [6.45, 7) is 7.93. The van der Waals surface area contributed by atoms with E-state index < -0.39 is 0 Å². The summed E-state index contributed by atoms with van der Waals surface area (Å²) in [6, 6.07) is 9.94. The minimum Gasteiger partial charge on any atom is -0.497 e. The molecule has 0 fully saturated rings. The average molecular weight is 426 g/mol. The van der Waals surface area contributed by atoms with Crippen molar-refractivity contribution in [2.75, 3.05) is 13.7 Å². The summed E-state index contributed by atoms with van der Waals surface area (Å²) < 4.78 is 7.49. The maximum Gasteiger partial charge on any atom is 0.253 e. The van der Waals surface area contributed by atoms with E-state index in [9.17, 15) is 4.79 Å². The van der Waals surface area contributed by atoms with E-state index in [2.05, 4.69) is 29.1 Å². The first-order valence-electron chi connectivity index (χ1n) is 10.7. The zero-order valence-electron chi connectivity index (χ0n) is 18.3. The highest BCUT2D eigenvalue weighted by molar-refractivity contribution is 7.13. The second-order valence-corrected chi connectivity index (χ2v) is 8.27. The van der Waals surface area contributed by atoms with Crippen LogP contribution in [0.15, 0.2) is 35.7 Å². The van der Waals surface area contributed by atoms with Gasteiger partial charge in [0.15, 0.2) is 0 Å². The van der Waals surface area contributed by atoms with Gasteiger partial charge in [-0.05, 0) is 50.1 Å². The van der Waals surface area contributed by atoms with E-state index in [-0.39, 0.29) is 5.91 Å². The zero-order valence-corrected chi connectivity index (χ0v) is 19.1. The fourth-order valence-corrected chi connectivity index (χ4v) is 4.24. The Kier molecular flexibility index (Phi) is 7.69. The molecule has 0 saturated heterocycles. The number of hydrogen-bond acceptors (Lipinski definition) is 4. The van der Waals surface area contributed by atoms with Gasteiger partial charge in [0.1, 0.15) is 10.8 Å². The number of aromatic nitrogens is 2. The standard InChI is InChI=1S/C24H31N3O2S/c1-5-7-13-25-23(28)20-15-22(27(17(20)3)14-8-6-2)21-16-30-24(26-21)18-9-11-19(29-4)12-10-18/h9-12,15-16H,5-8,13-14H2,1-4H3,(H,25,28). The normalized spacial score (nSPS) is 10.9. The predicted octanol–water partition coefficient (Wildman–Crippen LogP) is 5.93. The molecule has 0 aliphatic carbocycles. The number of amides is 1. The van der Waals surface area contributed by atoms with Crippen molar-refractivity contribution in [1.29, 1.82) is 0 Å². The third-order valence-electron chi connectivity index (χ3n) is 5.27. The van der Waals surface area contributed by atoms with Crippen LogP contribution in [-0.2, 0) is 6.54 Å². The second kappa shape index (κ2) is 10.4. The third kappa shape index (κ3) is 4.93. The molecule has 0 unspecified atom stereocenters. The number of carbonyl (C=O) groups excluding carboxylic acids is 1. The molecule has 3 aromatic rings. The Morgan fingerprint density at radius 2 is 1.90 bits per heavy atom. The number of thiazole rings is 1. The number of rotatable bonds is 10. The maximum atomic E-state index is 12.7. The van der Waals surface area contributed by atoms with Gasteiger partial charge in [-0.3, -0.25) is 4.79 Å². The molecule has 2 heterocycles. The van der Waals surface area contributed by atoms with Crippen molar-refractivity contribution >= 4 is 17.2 Å². The molecule has 1 amide bonds. The third-order valence-corrected chi connectivity index (χ3v) is 6.16. The van der Waals surface area contributed by atoms with E-state index in [4.69, 9.17) is 9.72 Å². The van der Waals surface area contributed by atoms with Crippen molar-refractivity contribution in [2.24, 2.45) is 0 Å². The van der Waals surface area contributed by atoms with Crippen LogP contribution >= 0.6 is 11.3 Å². The Hall–Kier alpha value is -2.60. The first kappa shape index (κ1) is 22.1. The van der Waals surface area contributed by atoms with Crippen LogP contribution in [0.1, 0.15) is 55.6 Å². The lowest BCUT2D eigenvalue weighted by atomic mass is 10.2. The molecule has 0 spiro atoms. The summed E-state index contributed by atoms with van der Waals surface area (Å²) in [5.74, 6) is 0.835. The minimum atomic E-state index is 0.00283. The maximum absolute atomic E-state index is 12.7. The van der Waals surface area contributed by atoms with Crippen molar-refractivity contribution in [3.05, 3.63) is 47.0 Å². The topological polar surface area (TPSA) is 56.1 Å². The highest BCUT2D eigenvalue weighted by atomic mass is 32.1. The van der Waals surface area contributed by atoms with Crippen LogP contribution in [0.25, 0.3) is 22.0 Å². The van der Waals surface area contributed by atoms with Crippen molar-refractivity contribution < 1.29 is 9.53 Å². The fourth-order valence-electron chi connectivity index (χ4n) is 3.42. The molecule has 2 aromatic heterocycles. The number of benzene rings is 1. The van der Waals surface area contributed by atoms with Gasteiger partial charge in [-0.15, -0.1) is 11.3 Å². The van der Waals surface area contributed by atoms with Gasteiger partial charge in [-0.1, -0.05) is 26.7 Å². The molecular weight excluding hydrogens is 394 g/mol. The summed E-state index contributed by atoms with van der Waals surface area (Å²) in [4.78, 5) is 17.6. The summed E-state index contributed by atoms with van der Waals surface area (Å²) in [7, 11) is 1.67. The first-order valence-corrected chi connectivity index (χ1v) is 11.6. The molecule has 160 valence electrons. The molecule has 0 bridgehead atoms. The number of carbonyl (C=O) groups is 1. The monoisotopic (exact) mass is 425 g/mol. The van der Waals surface area contributed by atoms with Gasteiger partial charge in [0.05, 0.1) is 24.1 Å². The second-order valence-electron chi connectivity index (χ2n) is 7.41. The first-order chi connectivity index (χ1) is 14.6. The highest BCUT2D eigenvalue weighted by Crippen LogP contribution is 2.32. The summed E-state index contributed by atoms with van der Waals surface area (Å²) in [6.07, 6.45) is 4.22. The highest BCUT2D eigenvalue weighted by Gasteiger charge is 2.20. The molecule has 0 aliphatic rings. The lowest BCUT2D eigenvalue weighted by Crippen LogP contribution is -2.24. The van der Waals surface area contributed by atoms with Crippen LogP contribution in [0, 0.1) is 6.92 Å². The molecule has 0 atom stereocenters. The van der Waals surface area contributed by atoms with Crippen molar-refractivity contribution in [3.63, 3.8) is 0 Å². The number of ether oxygens (including phenoxy) is 1. The lowest BCUT2D eigenvalue weighted by molar-refractivity contribution is 0.0952. The minimum absolute atomic E-state index is 0.00283. The van der Waals surface area contributed by atoms with E-state index in [1.54, 1.807) is 18.4 Å². The van der Waals surface area contributed by atoms with Gasteiger partial charge in [0.25, 0.3) is 5.91 Å². The van der Waals surface area contributed by atoms with Gasteiger partial charge in [0, 0.05) is 29.7 Å². The van der Waals surface area contributed by atoms with E-state index >= 15 is 0 Å². The Morgan fingerprint density at radius 3 is 2.57 bits per heavy atom. The molecule has 3 rings (SSSR count). The summed E-state index contributed by atoms with van der Waals surface area (Å²) in [5.41, 5.74) is 4.74. The largest absolute Gasteiger partial charge is 0.497 e. The Balaban J connectivity index is 1.92. The Bertz CT molecular complexity index is 973. The quantitative estimate of drug-likeness (QED) is 0.410. The Morgan fingerprint density at radius 1 is 1.17 bits per heavy atom. The van der Waals surface area contributed by atoms with Crippen LogP contribution in [0.2, 0.25) is 0 Å². The number of nitrogens with one attached hydrogen (secondary N) is 1. The number of nitrogens with zero attached hydrogens (tertiary/aromatic N) is 2. The van der Waals surface area contributed by atoms with Crippen molar-refractivity contribution in [1.82, 2.24) is 14.9 Å². The molecule has 0 saturated carbocycles. The van der Waals surface area contributed by atoms with E-state index in [0.29, 0.717) is 6.54 Å². The van der Waals surface area contributed by atoms with Gasteiger partial charge in [-0.25, -0.2) is 4.98 Å². The number of methoxy groups -OCH3 is 1. The summed E-state index contributed by atoms with van der Waals surface area (Å²) >= 11 is 1.62. The van der Waals surface area contributed by atoms with Crippen LogP contribution in [0.3, 0.4) is 0 Å². The lowest BCUT2D eigenvalue weighted by Gasteiger charge is -2.10. The molecule has 6 heteroatoms. The van der Waals surface area contributed by atoms with Gasteiger partial charge >= 0.3 is 0 Å². The molecule has 1 N–H and O–H groups in total. The van der Waals surface area contributed by atoms with E-state index in [0.717, 1.165) is 71.2 Å². The number of hydrogen-bond donors (Lipinski definition) is 1. The van der Waals surface area contributed by atoms with Crippen molar-refractivity contribution in [3.8, 4) is 27.7 Å². The predicted molar refractivity (Wildman–Crippen MR) is 124 cm³/mol. The molecule has 5 nitrogen and oxygen atoms in total. The zero-order chi connectivity index (χ0) is 21.5. The SMILES string of the molecule is CCCCNC(=O)c1cc(-c2csc(-c3ccc(OC)cc3)n2)n(CCCC)c1C. The van der Waals surface area contributed by atoms with E-state index in [1.807, 2.05) is 37.3 Å². The molecular formula is C24H31N3O2S.